The van der Waals surface area contributed by atoms with E-state index < -0.39 is 9.05 Å². The minimum atomic E-state index is -3.48. The third-order valence-corrected chi connectivity index (χ3v) is 6.30. The lowest BCUT2D eigenvalue weighted by molar-refractivity contribution is 0.000320. The smallest absolute Gasteiger partial charge is 0.235 e. The average Bonchev–Trinajstić information content (AvgIpc) is 2.69. The minimum Gasteiger partial charge on any atom is -0.377 e. The maximum Gasteiger partial charge on any atom is 0.235 e. The van der Waals surface area contributed by atoms with Crippen molar-refractivity contribution in [3.05, 3.63) is 0 Å². The molecule has 0 N–H and O–H groups in total. The van der Waals surface area contributed by atoms with Crippen LogP contribution in [0.3, 0.4) is 0 Å². The molecule has 0 aromatic heterocycles. The Morgan fingerprint density at radius 3 is 2.50 bits per heavy atom. The van der Waals surface area contributed by atoms with Crippen LogP contribution < -0.4 is 0 Å². The molecule has 1 spiro atoms. The van der Waals surface area contributed by atoms with Crippen molar-refractivity contribution in [2.75, 3.05) is 19.4 Å². The first-order valence-corrected chi connectivity index (χ1v) is 9.13. The summed E-state index contributed by atoms with van der Waals surface area (Å²) >= 11 is 0. The Hall–Kier alpha value is 0.160. The monoisotopic (exact) mass is 293 g/mol. The lowest BCUT2D eigenvalue weighted by Crippen LogP contribution is -2.50. The van der Waals surface area contributed by atoms with Crippen molar-refractivity contribution in [1.29, 1.82) is 0 Å². The highest BCUT2D eigenvalue weighted by atomic mass is 35.7. The van der Waals surface area contributed by atoms with Crippen molar-refractivity contribution in [3.8, 4) is 0 Å². The van der Waals surface area contributed by atoms with Crippen LogP contribution in [0.1, 0.15) is 32.1 Å². The predicted octanol–water partition coefficient (Wildman–Crippen LogP) is 1.59. The van der Waals surface area contributed by atoms with Crippen LogP contribution in [0.2, 0.25) is 0 Å². The van der Waals surface area contributed by atoms with Gasteiger partial charge in [-0.25, -0.2) is 8.42 Å². The van der Waals surface area contributed by atoms with Crippen LogP contribution in [-0.4, -0.2) is 50.9 Å². The summed E-state index contributed by atoms with van der Waals surface area (Å²) in [5.41, 5.74) is 0.0559. The van der Waals surface area contributed by atoms with E-state index in [2.05, 4.69) is 11.9 Å². The fourth-order valence-electron chi connectivity index (χ4n) is 4.22. The molecular weight excluding hydrogens is 274 g/mol. The number of nitrogens with zero attached hydrogens (tertiary/aromatic N) is 1. The van der Waals surface area contributed by atoms with Crippen molar-refractivity contribution < 1.29 is 13.2 Å². The minimum absolute atomic E-state index is 0.0300. The predicted molar refractivity (Wildman–Crippen MR) is 70.2 cm³/mol. The zero-order valence-corrected chi connectivity index (χ0v) is 12.2. The topological polar surface area (TPSA) is 46.6 Å². The van der Waals surface area contributed by atoms with Gasteiger partial charge in [-0.05, 0) is 39.2 Å². The molecule has 4 nitrogen and oxygen atoms in total. The first-order valence-electron chi connectivity index (χ1n) is 6.65. The highest BCUT2D eigenvalue weighted by molar-refractivity contribution is 8.13. The Morgan fingerprint density at radius 1 is 1.33 bits per heavy atom. The molecule has 0 aromatic carbocycles. The van der Waals surface area contributed by atoms with Gasteiger partial charge in [-0.3, -0.25) is 0 Å². The molecule has 3 aliphatic rings. The Labute approximate surface area is 113 Å². The van der Waals surface area contributed by atoms with Gasteiger partial charge >= 0.3 is 0 Å². The SMILES string of the molecule is CN1C2CCC1CC1(CCOC1CS(=O)(=O)Cl)C2. The third-order valence-electron chi connectivity index (χ3n) is 5.22. The third kappa shape index (κ3) is 2.19. The van der Waals surface area contributed by atoms with Gasteiger partial charge in [0.2, 0.25) is 9.05 Å². The Bertz CT molecular complexity index is 425. The second-order valence-electron chi connectivity index (χ2n) is 6.14. The van der Waals surface area contributed by atoms with Gasteiger partial charge in [-0.15, -0.1) is 0 Å². The molecule has 3 unspecified atom stereocenters. The van der Waals surface area contributed by atoms with E-state index in [9.17, 15) is 8.42 Å². The maximum atomic E-state index is 11.3. The van der Waals surface area contributed by atoms with Crippen molar-refractivity contribution in [2.45, 2.75) is 50.3 Å². The fourth-order valence-corrected chi connectivity index (χ4v) is 5.37. The Balaban J connectivity index is 1.82. The maximum absolute atomic E-state index is 11.3. The summed E-state index contributed by atoms with van der Waals surface area (Å²) in [4.78, 5) is 2.47. The molecule has 0 aromatic rings. The summed E-state index contributed by atoms with van der Waals surface area (Å²) in [5.74, 6) is -0.0300. The van der Waals surface area contributed by atoms with Crippen molar-refractivity contribution in [3.63, 3.8) is 0 Å². The van der Waals surface area contributed by atoms with Gasteiger partial charge < -0.3 is 9.64 Å². The fraction of sp³-hybridized carbons (Fsp3) is 1.00. The van der Waals surface area contributed by atoms with E-state index in [1.807, 2.05) is 0 Å². The normalized spacial score (nSPS) is 44.9. The summed E-state index contributed by atoms with van der Waals surface area (Å²) in [6.45, 7) is 0.681. The number of rotatable bonds is 2. The van der Waals surface area contributed by atoms with Crippen LogP contribution in [0.4, 0.5) is 0 Å². The molecule has 3 heterocycles. The lowest BCUT2D eigenvalue weighted by atomic mass is 9.70. The van der Waals surface area contributed by atoms with E-state index in [0.717, 1.165) is 19.3 Å². The molecule has 2 bridgehead atoms. The van der Waals surface area contributed by atoms with E-state index in [1.165, 1.54) is 12.8 Å². The Morgan fingerprint density at radius 2 is 1.94 bits per heavy atom. The molecule has 0 radical (unpaired) electrons. The van der Waals surface area contributed by atoms with Gasteiger partial charge in [0.05, 0.1) is 11.9 Å². The first-order chi connectivity index (χ1) is 8.40. The average molecular weight is 294 g/mol. The van der Waals surface area contributed by atoms with Gasteiger partial charge in [0.25, 0.3) is 0 Å². The molecule has 3 fully saturated rings. The Kier molecular flexibility index (Phi) is 3.17. The van der Waals surface area contributed by atoms with E-state index in [0.29, 0.717) is 18.7 Å². The van der Waals surface area contributed by atoms with E-state index in [1.54, 1.807) is 0 Å². The molecule has 0 aliphatic carbocycles. The van der Waals surface area contributed by atoms with Crippen LogP contribution in [0.25, 0.3) is 0 Å². The molecule has 3 rings (SSSR count). The molecule has 104 valence electrons. The van der Waals surface area contributed by atoms with Gasteiger partial charge in [-0.2, -0.15) is 0 Å². The van der Waals surface area contributed by atoms with Crippen LogP contribution in [-0.2, 0) is 13.8 Å². The zero-order valence-electron chi connectivity index (χ0n) is 10.6. The van der Waals surface area contributed by atoms with Crippen LogP contribution in [0.15, 0.2) is 0 Å². The molecule has 3 atom stereocenters. The molecule has 3 saturated heterocycles. The zero-order chi connectivity index (χ0) is 13.0. The van der Waals surface area contributed by atoms with E-state index in [-0.39, 0.29) is 17.3 Å². The number of ether oxygens (including phenoxy) is 1. The highest BCUT2D eigenvalue weighted by Gasteiger charge is 2.53. The van der Waals surface area contributed by atoms with Gasteiger partial charge in [0.1, 0.15) is 0 Å². The lowest BCUT2D eigenvalue weighted by Gasteiger charge is -2.45. The second-order valence-corrected chi connectivity index (χ2v) is 8.96. The molecule has 18 heavy (non-hydrogen) atoms. The summed E-state index contributed by atoms with van der Waals surface area (Å²) in [5, 5.41) is 0. The van der Waals surface area contributed by atoms with Crippen LogP contribution >= 0.6 is 10.7 Å². The van der Waals surface area contributed by atoms with Gasteiger partial charge in [0.15, 0.2) is 0 Å². The molecule has 0 amide bonds. The molecule has 3 aliphatic heterocycles. The number of hydrogen-bond donors (Lipinski definition) is 0. The summed E-state index contributed by atoms with van der Waals surface area (Å²) in [6, 6.07) is 1.21. The molecular formula is C12H20ClNO3S. The summed E-state index contributed by atoms with van der Waals surface area (Å²) in [7, 11) is 4.13. The van der Waals surface area contributed by atoms with E-state index in [4.69, 9.17) is 15.4 Å². The van der Waals surface area contributed by atoms with Crippen LogP contribution in [0.5, 0.6) is 0 Å². The van der Waals surface area contributed by atoms with E-state index >= 15 is 0 Å². The molecule has 6 heteroatoms. The van der Waals surface area contributed by atoms with Crippen molar-refractivity contribution >= 4 is 19.7 Å². The first kappa shape index (κ1) is 13.2. The largest absolute Gasteiger partial charge is 0.377 e. The standard InChI is InChI=1S/C12H20ClNO3S/c1-14-9-2-3-10(14)7-12(6-9)4-5-17-11(12)8-18(13,15)16/h9-11H,2-8H2,1H3. The second kappa shape index (κ2) is 4.33. The summed E-state index contributed by atoms with van der Waals surface area (Å²) in [6.07, 6.45) is 5.41. The summed E-state index contributed by atoms with van der Waals surface area (Å²) < 4.78 is 28.4. The molecule has 0 saturated carbocycles. The quantitative estimate of drug-likeness (QED) is 0.726. The van der Waals surface area contributed by atoms with Crippen LogP contribution in [0, 0.1) is 5.41 Å². The van der Waals surface area contributed by atoms with Gasteiger partial charge in [-0.1, -0.05) is 0 Å². The van der Waals surface area contributed by atoms with Gasteiger partial charge in [0, 0.05) is 34.8 Å². The van der Waals surface area contributed by atoms with Crippen molar-refractivity contribution in [2.24, 2.45) is 5.41 Å². The number of hydrogen-bond acceptors (Lipinski definition) is 4. The number of fused-ring (bicyclic) bond motifs is 2. The van der Waals surface area contributed by atoms with Crippen molar-refractivity contribution in [1.82, 2.24) is 4.90 Å². The number of piperidine rings is 1. The highest BCUT2D eigenvalue weighted by Crippen LogP contribution is 2.52. The number of halogens is 1.